The maximum atomic E-state index is 12.5. The fourth-order valence-electron chi connectivity index (χ4n) is 4.27. The van der Waals surface area contributed by atoms with Crippen LogP contribution in [0.2, 0.25) is 0 Å². The number of hydrogen-bond acceptors (Lipinski definition) is 7. The number of carbonyl (C=O) groups is 3. The Morgan fingerprint density at radius 1 is 1.48 bits per heavy atom. The third kappa shape index (κ3) is 3.49. The summed E-state index contributed by atoms with van der Waals surface area (Å²) < 4.78 is 10.4. The number of aliphatic hydroxyl groups excluding tert-OH is 1. The van der Waals surface area contributed by atoms with E-state index in [9.17, 15) is 19.5 Å². The van der Waals surface area contributed by atoms with Gasteiger partial charge in [-0.2, -0.15) is 12.6 Å². The summed E-state index contributed by atoms with van der Waals surface area (Å²) in [7, 11) is 0. The molecule has 5 atom stereocenters. The van der Waals surface area contributed by atoms with Crippen molar-refractivity contribution >= 4 is 30.5 Å². The number of esters is 2. The zero-order valence-electron chi connectivity index (χ0n) is 16.1. The van der Waals surface area contributed by atoms with Crippen molar-refractivity contribution in [3.63, 3.8) is 0 Å². The van der Waals surface area contributed by atoms with Crippen molar-refractivity contribution in [1.29, 1.82) is 0 Å². The molecule has 7 nitrogen and oxygen atoms in total. The average molecular weight is 400 g/mol. The zero-order valence-corrected chi connectivity index (χ0v) is 17.0. The molecule has 0 spiro atoms. The summed E-state index contributed by atoms with van der Waals surface area (Å²) in [6.45, 7) is 3.44. The Balaban J connectivity index is 0.00000126. The Bertz CT molecular complexity index is 623. The smallest absolute Gasteiger partial charge is 0.339 e. The second-order valence-corrected chi connectivity index (χ2v) is 7.18. The van der Waals surface area contributed by atoms with Crippen LogP contribution in [0.1, 0.15) is 46.0 Å². The van der Waals surface area contributed by atoms with Gasteiger partial charge in [0.2, 0.25) is 11.4 Å². The molecule has 0 bridgehead atoms. The van der Waals surface area contributed by atoms with Crippen molar-refractivity contribution in [3.8, 4) is 0 Å². The first-order valence-corrected chi connectivity index (χ1v) is 10.3. The summed E-state index contributed by atoms with van der Waals surface area (Å²) in [5.41, 5.74) is -2.56. The minimum absolute atomic E-state index is 0.0768. The van der Waals surface area contributed by atoms with Crippen LogP contribution in [0.5, 0.6) is 0 Å². The second-order valence-electron chi connectivity index (χ2n) is 7.18. The predicted octanol–water partition coefficient (Wildman–Crippen LogP) is 1.39. The van der Waals surface area contributed by atoms with Crippen LogP contribution in [0, 0.1) is 11.8 Å². The highest BCUT2D eigenvalue weighted by Gasteiger charge is 2.79. The van der Waals surface area contributed by atoms with Crippen molar-refractivity contribution in [2.24, 2.45) is 11.8 Å². The largest absolute Gasteiger partial charge is 0.466 e. The molecule has 3 rings (SSSR count). The lowest BCUT2D eigenvalue weighted by atomic mass is 9.64. The van der Waals surface area contributed by atoms with Crippen LogP contribution in [0.3, 0.4) is 0 Å². The molecule has 0 aromatic carbocycles. The fraction of sp³-hybridized carbons (Fsp3) is 0.737. The van der Waals surface area contributed by atoms with Gasteiger partial charge in [-0.1, -0.05) is 19.1 Å². The minimum atomic E-state index is -1.42. The van der Waals surface area contributed by atoms with Crippen molar-refractivity contribution < 1.29 is 29.0 Å². The summed E-state index contributed by atoms with van der Waals surface area (Å²) >= 11 is 3.53. The molecular weight excluding hydrogens is 370 g/mol. The Hall–Kier alpha value is -1.54. The van der Waals surface area contributed by atoms with E-state index in [1.165, 1.54) is 0 Å². The fourth-order valence-corrected chi connectivity index (χ4v) is 4.27. The predicted molar refractivity (Wildman–Crippen MR) is 102 cm³/mol. The molecule has 2 fully saturated rings. The topological polar surface area (TPSA) is 102 Å². The number of thiol groups is 1. The van der Waals surface area contributed by atoms with Crippen LogP contribution >= 0.6 is 12.6 Å². The highest BCUT2D eigenvalue weighted by molar-refractivity contribution is 7.79. The summed E-state index contributed by atoms with van der Waals surface area (Å²) in [4.78, 5) is 36.1. The van der Waals surface area contributed by atoms with Crippen molar-refractivity contribution in [2.45, 2.75) is 63.2 Å². The third-order valence-corrected chi connectivity index (χ3v) is 5.81. The summed E-state index contributed by atoms with van der Waals surface area (Å²) in [6, 6.07) is 0. The Labute approximate surface area is 165 Å². The van der Waals surface area contributed by atoms with E-state index in [2.05, 4.69) is 17.9 Å². The van der Waals surface area contributed by atoms with Crippen LogP contribution < -0.4 is 5.32 Å². The number of ether oxygens (including phenoxy) is 2. The van der Waals surface area contributed by atoms with Gasteiger partial charge in [0.05, 0.1) is 18.6 Å². The lowest BCUT2D eigenvalue weighted by Crippen LogP contribution is -2.80. The highest BCUT2D eigenvalue weighted by atomic mass is 32.1. The normalized spacial score (nSPS) is 35.0. The molecule has 27 heavy (non-hydrogen) atoms. The number of rotatable bonds is 6. The first-order valence-electron chi connectivity index (χ1n) is 9.37. The van der Waals surface area contributed by atoms with Crippen molar-refractivity contribution in [2.75, 3.05) is 12.9 Å². The lowest BCUT2D eigenvalue weighted by Gasteiger charge is -2.54. The van der Waals surface area contributed by atoms with Gasteiger partial charge in [-0.15, -0.1) is 0 Å². The van der Waals surface area contributed by atoms with E-state index in [-0.39, 0.29) is 37.2 Å². The lowest BCUT2D eigenvalue weighted by molar-refractivity contribution is -0.239. The molecule has 3 aliphatic rings. The number of amides is 1. The standard InChI is InChI=1S/C18H25NO6.CH4S/c1-3-13(20)24-10-9-12-15(22)19-18(16(23)25-17(12,18)2)14(21)11-7-5-4-6-8-11;1-2/h5,7,11-12,14,21H,3-4,6,8-10H2,1-2H3,(H,19,22);2H,1H3/t11-,12+,14+,17+,18+;/m1./s1. The monoisotopic (exact) mass is 399 g/mol. The summed E-state index contributed by atoms with van der Waals surface area (Å²) in [6.07, 6.45) is 7.72. The van der Waals surface area contributed by atoms with Gasteiger partial charge in [-0.3, -0.25) is 9.59 Å². The Morgan fingerprint density at radius 2 is 2.19 bits per heavy atom. The molecule has 0 unspecified atom stereocenters. The van der Waals surface area contributed by atoms with E-state index >= 15 is 0 Å². The molecule has 2 N–H and O–H groups in total. The van der Waals surface area contributed by atoms with Gasteiger partial charge in [0, 0.05) is 12.3 Å². The highest BCUT2D eigenvalue weighted by Crippen LogP contribution is 2.53. The van der Waals surface area contributed by atoms with Gasteiger partial charge >= 0.3 is 11.9 Å². The first kappa shape index (κ1) is 21.8. The molecule has 2 heterocycles. The van der Waals surface area contributed by atoms with E-state index < -0.39 is 29.1 Å². The molecule has 0 radical (unpaired) electrons. The van der Waals surface area contributed by atoms with Gasteiger partial charge in [0.25, 0.3) is 0 Å². The molecule has 1 aliphatic carbocycles. The van der Waals surface area contributed by atoms with Crippen LogP contribution in [0.25, 0.3) is 0 Å². The van der Waals surface area contributed by atoms with Gasteiger partial charge in [0.1, 0.15) is 0 Å². The second kappa shape index (κ2) is 8.65. The number of hydrogen-bond donors (Lipinski definition) is 3. The van der Waals surface area contributed by atoms with Crippen LogP contribution in [-0.4, -0.2) is 53.1 Å². The van der Waals surface area contributed by atoms with Gasteiger partial charge in [-0.05, 0) is 38.9 Å². The van der Waals surface area contributed by atoms with E-state index in [0.717, 1.165) is 19.3 Å². The van der Waals surface area contributed by atoms with E-state index in [4.69, 9.17) is 9.47 Å². The van der Waals surface area contributed by atoms with Gasteiger partial charge in [-0.25, -0.2) is 4.79 Å². The zero-order chi connectivity index (χ0) is 20.2. The molecule has 8 heteroatoms. The van der Waals surface area contributed by atoms with Crippen LogP contribution in [0.15, 0.2) is 12.2 Å². The molecule has 0 aromatic rings. The van der Waals surface area contributed by atoms with Crippen LogP contribution in [0.4, 0.5) is 0 Å². The first-order chi connectivity index (χ1) is 12.9. The number of aliphatic hydroxyl groups is 1. The molecular formula is C19H29NO6S. The number of allylic oxidation sites excluding steroid dienone is 1. The quantitative estimate of drug-likeness (QED) is 0.354. The SMILES string of the molecule is CCC(=O)OCC[C@H]1C(=O)N[C@@]2([C@@H](O)[C@@H]3C=CCCC3)C(=O)O[C@@]12C.CS. The summed E-state index contributed by atoms with van der Waals surface area (Å²) in [5, 5.41) is 13.6. The number of fused-ring (bicyclic) bond motifs is 1. The average Bonchev–Trinajstić information content (AvgIpc) is 2.87. The molecule has 2 saturated heterocycles. The molecule has 1 amide bonds. The number of carbonyl (C=O) groups excluding carboxylic acids is 3. The Morgan fingerprint density at radius 3 is 2.74 bits per heavy atom. The third-order valence-electron chi connectivity index (χ3n) is 5.81. The van der Waals surface area contributed by atoms with Crippen molar-refractivity contribution in [1.82, 2.24) is 5.32 Å². The maximum Gasteiger partial charge on any atom is 0.339 e. The Kier molecular flexibility index (Phi) is 6.97. The van der Waals surface area contributed by atoms with Crippen LogP contribution in [-0.2, 0) is 23.9 Å². The van der Waals surface area contributed by atoms with Gasteiger partial charge < -0.3 is 19.9 Å². The van der Waals surface area contributed by atoms with Crippen molar-refractivity contribution in [3.05, 3.63) is 12.2 Å². The minimum Gasteiger partial charge on any atom is -0.466 e. The number of nitrogens with one attached hydrogen (secondary N) is 1. The molecule has 152 valence electrons. The molecule has 2 aliphatic heterocycles. The molecule has 0 aromatic heterocycles. The maximum absolute atomic E-state index is 12.5. The summed E-state index contributed by atoms with van der Waals surface area (Å²) in [5.74, 6) is -2.13. The molecule has 0 saturated carbocycles. The van der Waals surface area contributed by atoms with E-state index in [1.54, 1.807) is 20.1 Å². The van der Waals surface area contributed by atoms with E-state index in [1.807, 2.05) is 12.2 Å². The van der Waals surface area contributed by atoms with E-state index in [0.29, 0.717) is 0 Å². The van der Waals surface area contributed by atoms with Gasteiger partial charge in [0.15, 0.2) is 5.60 Å².